The Labute approximate surface area is 147 Å². The van der Waals surface area contributed by atoms with Crippen LogP contribution in [0, 0.1) is 0 Å². The van der Waals surface area contributed by atoms with Gasteiger partial charge in [-0.25, -0.2) is 0 Å². The number of amides is 1. The van der Waals surface area contributed by atoms with Crippen LogP contribution >= 0.6 is 0 Å². The molecule has 0 heterocycles. The summed E-state index contributed by atoms with van der Waals surface area (Å²) in [5.74, 6) is 0.416. The molecular weight excluding hydrogens is 318 g/mol. The van der Waals surface area contributed by atoms with Crippen molar-refractivity contribution in [2.45, 2.75) is 26.7 Å². The van der Waals surface area contributed by atoms with Crippen molar-refractivity contribution in [1.82, 2.24) is 0 Å². The summed E-state index contributed by atoms with van der Waals surface area (Å²) in [6.45, 7) is 3.37. The first kappa shape index (κ1) is 18.4. The maximum absolute atomic E-state index is 12.0. The van der Waals surface area contributed by atoms with Gasteiger partial charge in [0.2, 0.25) is 5.91 Å². The minimum absolute atomic E-state index is 0.00839. The topological polar surface area (TPSA) is 72.5 Å². The van der Waals surface area contributed by atoms with E-state index in [1.54, 1.807) is 48.5 Å². The van der Waals surface area contributed by atoms with E-state index in [1.807, 2.05) is 0 Å². The molecule has 1 N–H and O–H groups in total. The molecule has 2 rings (SSSR count). The summed E-state index contributed by atoms with van der Waals surface area (Å²) in [5.41, 5.74) is 1.66. The number of para-hydroxylation sites is 1. The zero-order valence-electron chi connectivity index (χ0n) is 14.4. The Kier molecular flexibility index (Phi) is 6.46. The number of nitrogens with one attached hydrogen (secondary N) is 1. The van der Waals surface area contributed by atoms with Crippen molar-refractivity contribution in [3.05, 3.63) is 59.7 Å². The number of ether oxygens (including phenoxy) is 1. The summed E-state index contributed by atoms with van der Waals surface area (Å²) in [7, 11) is 0. The second-order valence-corrected chi connectivity index (χ2v) is 5.68. The maximum atomic E-state index is 12.0. The molecule has 0 bridgehead atoms. The van der Waals surface area contributed by atoms with Gasteiger partial charge in [0.15, 0.2) is 11.6 Å². The quantitative estimate of drug-likeness (QED) is 0.585. The lowest BCUT2D eigenvalue weighted by molar-refractivity contribution is -0.116. The molecule has 0 aliphatic rings. The summed E-state index contributed by atoms with van der Waals surface area (Å²) < 4.78 is 5.56. The van der Waals surface area contributed by atoms with Crippen molar-refractivity contribution in [2.24, 2.45) is 0 Å². The van der Waals surface area contributed by atoms with Crippen LogP contribution in [0.25, 0.3) is 0 Å². The number of hydrogen-bond acceptors (Lipinski definition) is 4. The van der Waals surface area contributed by atoms with Crippen molar-refractivity contribution in [3.8, 4) is 5.75 Å². The van der Waals surface area contributed by atoms with Gasteiger partial charge in [0.1, 0.15) is 5.75 Å². The lowest BCUT2D eigenvalue weighted by Crippen LogP contribution is -2.14. The molecule has 5 heteroatoms. The number of anilines is 1. The van der Waals surface area contributed by atoms with Crippen molar-refractivity contribution in [2.75, 3.05) is 11.9 Å². The Morgan fingerprint density at radius 1 is 0.920 bits per heavy atom. The Hall–Kier alpha value is -2.95. The van der Waals surface area contributed by atoms with Crippen LogP contribution in [0.3, 0.4) is 0 Å². The van der Waals surface area contributed by atoms with Crippen LogP contribution in [-0.4, -0.2) is 24.1 Å². The molecular formula is C20H21NO4. The fourth-order valence-electron chi connectivity index (χ4n) is 2.32. The number of carbonyl (C=O) groups is 3. The van der Waals surface area contributed by atoms with E-state index in [-0.39, 0.29) is 23.9 Å². The number of hydrogen-bond donors (Lipinski definition) is 1. The van der Waals surface area contributed by atoms with Gasteiger partial charge in [-0.1, -0.05) is 12.1 Å². The Bertz CT molecular complexity index is 766. The number of ketones is 2. The highest BCUT2D eigenvalue weighted by Gasteiger charge is 2.09. The molecule has 2 aromatic carbocycles. The monoisotopic (exact) mass is 339 g/mol. The van der Waals surface area contributed by atoms with E-state index >= 15 is 0 Å². The molecule has 0 atom stereocenters. The van der Waals surface area contributed by atoms with Gasteiger partial charge in [0.25, 0.3) is 0 Å². The van der Waals surface area contributed by atoms with Crippen LogP contribution in [0.5, 0.6) is 5.75 Å². The molecule has 25 heavy (non-hydrogen) atoms. The third-order valence-corrected chi connectivity index (χ3v) is 3.66. The second-order valence-electron chi connectivity index (χ2n) is 5.68. The van der Waals surface area contributed by atoms with Gasteiger partial charge < -0.3 is 10.1 Å². The van der Waals surface area contributed by atoms with Gasteiger partial charge in [-0.05, 0) is 56.7 Å². The van der Waals surface area contributed by atoms with Crippen LogP contribution in [0.1, 0.15) is 47.4 Å². The highest BCUT2D eigenvalue weighted by atomic mass is 16.5. The van der Waals surface area contributed by atoms with Crippen LogP contribution in [0.15, 0.2) is 48.5 Å². The van der Waals surface area contributed by atoms with E-state index < -0.39 is 0 Å². The molecule has 130 valence electrons. The Morgan fingerprint density at radius 2 is 1.60 bits per heavy atom. The second kappa shape index (κ2) is 8.78. The highest BCUT2D eigenvalue weighted by molar-refractivity contribution is 6.03. The molecule has 0 aliphatic heterocycles. The summed E-state index contributed by atoms with van der Waals surface area (Å²) >= 11 is 0. The molecule has 0 radical (unpaired) electrons. The van der Waals surface area contributed by atoms with Crippen molar-refractivity contribution >= 4 is 23.2 Å². The minimum Gasteiger partial charge on any atom is -0.494 e. The molecule has 2 aromatic rings. The smallest absolute Gasteiger partial charge is 0.224 e. The normalized spacial score (nSPS) is 10.2. The lowest BCUT2D eigenvalue weighted by atomic mass is 10.1. The fraction of sp³-hybridized carbons (Fsp3) is 0.250. The molecule has 0 saturated heterocycles. The van der Waals surface area contributed by atoms with Gasteiger partial charge in [-0.2, -0.15) is 0 Å². The molecule has 0 aromatic heterocycles. The number of rotatable bonds is 8. The fourth-order valence-corrected chi connectivity index (χ4v) is 2.32. The van der Waals surface area contributed by atoms with Crippen molar-refractivity contribution in [1.29, 1.82) is 0 Å². The minimum atomic E-state index is -0.163. The summed E-state index contributed by atoms with van der Waals surface area (Å²) in [6.07, 6.45) is 0.834. The van der Waals surface area contributed by atoms with E-state index in [4.69, 9.17) is 4.74 Å². The highest BCUT2D eigenvalue weighted by Crippen LogP contribution is 2.16. The molecule has 0 saturated carbocycles. The third kappa shape index (κ3) is 5.57. The van der Waals surface area contributed by atoms with Crippen LogP contribution in [0.2, 0.25) is 0 Å². The van der Waals surface area contributed by atoms with Crippen LogP contribution in [0.4, 0.5) is 5.69 Å². The SMILES string of the molecule is CC(=O)c1ccc(OCCCC(=O)Nc2ccccc2C(C)=O)cc1. The lowest BCUT2D eigenvalue weighted by Gasteiger charge is -2.09. The number of carbonyl (C=O) groups excluding carboxylic acids is 3. The maximum Gasteiger partial charge on any atom is 0.224 e. The zero-order chi connectivity index (χ0) is 18.2. The van der Waals surface area contributed by atoms with Crippen LogP contribution < -0.4 is 10.1 Å². The first-order chi connectivity index (χ1) is 12.0. The average molecular weight is 339 g/mol. The van der Waals surface area contributed by atoms with E-state index in [2.05, 4.69) is 5.32 Å². The molecule has 0 fully saturated rings. The van der Waals surface area contributed by atoms with E-state index in [0.717, 1.165) is 0 Å². The van der Waals surface area contributed by atoms with Crippen LogP contribution in [-0.2, 0) is 4.79 Å². The largest absolute Gasteiger partial charge is 0.494 e. The molecule has 5 nitrogen and oxygen atoms in total. The van der Waals surface area contributed by atoms with Gasteiger partial charge in [-0.15, -0.1) is 0 Å². The predicted octanol–water partition coefficient (Wildman–Crippen LogP) is 3.89. The number of Topliss-reactive ketones (excluding diaryl/α,β-unsaturated/α-hetero) is 2. The Balaban J connectivity index is 1.77. The van der Waals surface area contributed by atoms with E-state index in [0.29, 0.717) is 35.6 Å². The van der Waals surface area contributed by atoms with Crippen molar-refractivity contribution < 1.29 is 19.1 Å². The molecule has 0 spiro atoms. The molecule has 0 unspecified atom stereocenters. The summed E-state index contributed by atoms with van der Waals surface area (Å²) in [4.78, 5) is 34.7. The number of benzene rings is 2. The molecule has 1 amide bonds. The van der Waals surface area contributed by atoms with Gasteiger partial charge >= 0.3 is 0 Å². The third-order valence-electron chi connectivity index (χ3n) is 3.66. The van der Waals surface area contributed by atoms with Gasteiger partial charge in [0.05, 0.1) is 12.3 Å². The standard InChI is InChI=1S/C20H21NO4/c1-14(22)16-9-11-17(12-10-16)25-13-5-8-20(24)21-19-7-4-3-6-18(19)15(2)23/h3-4,6-7,9-12H,5,8,13H2,1-2H3,(H,21,24). The first-order valence-electron chi connectivity index (χ1n) is 8.11. The van der Waals surface area contributed by atoms with E-state index in [9.17, 15) is 14.4 Å². The van der Waals surface area contributed by atoms with Crippen molar-refractivity contribution in [3.63, 3.8) is 0 Å². The average Bonchev–Trinajstić information content (AvgIpc) is 2.59. The first-order valence-corrected chi connectivity index (χ1v) is 8.11. The summed E-state index contributed by atoms with van der Waals surface area (Å²) in [5, 5.41) is 2.76. The summed E-state index contributed by atoms with van der Waals surface area (Å²) in [6, 6.07) is 13.8. The Morgan fingerprint density at radius 3 is 2.24 bits per heavy atom. The van der Waals surface area contributed by atoms with E-state index in [1.165, 1.54) is 13.8 Å². The molecule has 0 aliphatic carbocycles. The predicted molar refractivity (Wildman–Crippen MR) is 96.3 cm³/mol. The zero-order valence-corrected chi connectivity index (χ0v) is 14.4. The van der Waals surface area contributed by atoms with Gasteiger partial charge in [-0.3, -0.25) is 14.4 Å². The van der Waals surface area contributed by atoms with Gasteiger partial charge in [0, 0.05) is 17.5 Å².